The van der Waals surface area contributed by atoms with Crippen LogP contribution in [0, 0.1) is 52.3 Å². The van der Waals surface area contributed by atoms with Crippen molar-refractivity contribution in [2.24, 2.45) is 52.3 Å². The topological polar surface area (TPSA) is 9.23 Å². The van der Waals surface area contributed by atoms with E-state index in [4.69, 9.17) is 4.74 Å². The number of fused-ring (bicyclic) bond motifs is 5. The lowest BCUT2D eigenvalue weighted by Crippen LogP contribution is -2.50. The van der Waals surface area contributed by atoms with Gasteiger partial charge >= 0.3 is 0 Å². The fourth-order valence-electron chi connectivity index (χ4n) is 9.84. The van der Waals surface area contributed by atoms with Crippen molar-refractivity contribution in [3.05, 3.63) is 47.6 Å². The second kappa shape index (κ2) is 10.9. The fraction of sp³-hybridized carbons (Fsp3) is 0.722. The smallest absolute Gasteiger partial charge is 0.118 e. The van der Waals surface area contributed by atoms with Crippen LogP contribution in [-0.2, 0) is 0 Å². The summed E-state index contributed by atoms with van der Waals surface area (Å²) in [6.07, 6.45) is 23.2. The van der Waals surface area contributed by atoms with Crippen LogP contribution in [0.5, 0.6) is 5.75 Å². The molecule has 3 saturated carbocycles. The second-order valence-electron chi connectivity index (χ2n) is 14.4. The Balaban J connectivity index is 1.25. The van der Waals surface area contributed by atoms with E-state index >= 15 is 0 Å². The highest BCUT2D eigenvalue weighted by Gasteiger charge is 2.59. The summed E-state index contributed by atoms with van der Waals surface area (Å²) in [5, 5.41) is 0. The Morgan fingerprint density at radius 2 is 1.73 bits per heavy atom. The first-order valence-electron chi connectivity index (χ1n) is 15.8. The van der Waals surface area contributed by atoms with Crippen LogP contribution in [0.15, 0.2) is 42.0 Å². The van der Waals surface area contributed by atoms with Crippen molar-refractivity contribution in [2.75, 3.05) is 7.11 Å². The number of allylic oxidation sites excluding steroid dienone is 3. The summed E-state index contributed by atoms with van der Waals surface area (Å²) in [4.78, 5) is 0. The van der Waals surface area contributed by atoms with Crippen LogP contribution in [0.1, 0.15) is 111 Å². The SMILES string of the molecule is COc1ccc(/C=C/[C@H]2CC[C@@]3(C)C(=CC[C@H]4[C@@H]5CC[C@H]([C@H](C)CCCC(C)C)[C@@]5(C)CC[C@@H]43)C2)cc1. The van der Waals surface area contributed by atoms with E-state index in [0.29, 0.717) is 16.7 Å². The van der Waals surface area contributed by atoms with Crippen molar-refractivity contribution in [3.63, 3.8) is 0 Å². The van der Waals surface area contributed by atoms with Crippen molar-refractivity contribution in [2.45, 2.75) is 105 Å². The molecule has 0 spiro atoms. The maximum absolute atomic E-state index is 5.32. The van der Waals surface area contributed by atoms with Gasteiger partial charge in [-0.05, 0) is 121 Å². The molecular weight excluding hydrogens is 448 g/mol. The Morgan fingerprint density at radius 1 is 0.946 bits per heavy atom. The van der Waals surface area contributed by atoms with Gasteiger partial charge in [-0.15, -0.1) is 0 Å². The van der Waals surface area contributed by atoms with Crippen LogP contribution >= 0.6 is 0 Å². The Morgan fingerprint density at radius 3 is 2.46 bits per heavy atom. The first-order valence-corrected chi connectivity index (χ1v) is 15.8. The van der Waals surface area contributed by atoms with Crippen LogP contribution < -0.4 is 4.74 Å². The van der Waals surface area contributed by atoms with Crippen LogP contribution in [0.25, 0.3) is 6.08 Å². The van der Waals surface area contributed by atoms with Gasteiger partial charge in [0, 0.05) is 0 Å². The minimum Gasteiger partial charge on any atom is -0.497 e. The van der Waals surface area contributed by atoms with E-state index in [1.807, 2.05) is 5.57 Å². The van der Waals surface area contributed by atoms with Gasteiger partial charge in [-0.1, -0.05) is 89.8 Å². The summed E-state index contributed by atoms with van der Waals surface area (Å²) in [5.41, 5.74) is 4.14. The van der Waals surface area contributed by atoms with E-state index in [1.165, 1.54) is 76.2 Å². The number of methoxy groups -OCH3 is 1. The zero-order chi connectivity index (χ0) is 26.2. The van der Waals surface area contributed by atoms with Crippen molar-refractivity contribution in [1.29, 1.82) is 0 Å². The highest BCUT2D eigenvalue weighted by molar-refractivity contribution is 5.51. The maximum Gasteiger partial charge on any atom is 0.118 e. The summed E-state index contributed by atoms with van der Waals surface area (Å²) < 4.78 is 5.32. The van der Waals surface area contributed by atoms with Crippen LogP contribution in [0.3, 0.4) is 0 Å². The predicted molar refractivity (Wildman–Crippen MR) is 159 cm³/mol. The minimum absolute atomic E-state index is 0.454. The fourth-order valence-corrected chi connectivity index (χ4v) is 9.84. The molecule has 0 heterocycles. The van der Waals surface area contributed by atoms with E-state index in [2.05, 4.69) is 77.1 Å². The first-order chi connectivity index (χ1) is 17.7. The molecule has 4 aliphatic carbocycles. The molecule has 8 atom stereocenters. The van der Waals surface area contributed by atoms with E-state index in [0.717, 1.165) is 41.3 Å². The van der Waals surface area contributed by atoms with Gasteiger partial charge in [0.25, 0.3) is 0 Å². The van der Waals surface area contributed by atoms with Crippen molar-refractivity contribution in [1.82, 2.24) is 0 Å². The van der Waals surface area contributed by atoms with Gasteiger partial charge in [0.15, 0.2) is 0 Å². The molecule has 1 aromatic rings. The lowest BCUT2D eigenvalue weighted by Gasteiger charge is -2.58. The molecule has 0 radical (unpaired) electrons. The molecule has 1 aromatic carbocycles. The Hall–Kier alpha value is -1.50. The maximum atomic E-state index is 5.32. The number of hydrogen-bond acceptors (Lipinski definition) is 1. The second-order valence-corrected chi connectivity index (χ2v) is 14.4. The average Bonchev–Trinajstić information content (AvgIpc) is 3.24. The highest BCUT2D eigenvalue weighted by Crippen LogP contribution is 2.67. The third kappa shape index (κ3) is 5.23. The molecule has 0 unspecified atom stereocenters. The van der Waals surface area contributed by atoms with Gasteiger partial charge in [0.2, 0.25) is 0 Å². The normalized spacial score (nSPS) is 38.1. The third-order valence-corrected chi connectivity index (χ3v) is 12.0. The standard InChI is InChI=1S/C36H54O/c1-25(2)8-7-9-26(3)32-18-19-33-31-17-14-29-24-28(11-10-27-12-15-30(37-6)16-13-27)20-22-35(29,4)34(31)21-23-36(32,33)5/h10-16,25-26,28,31-34H,7-9,17-24H2,1-6H3/b11-10+/t26-,28+,31+,32-,33+,34+,35+,36-/m1/s1. The zero-order valence-electron chi connectivity index (χ0n) is 24.8. The molecule has 0 aliphatic heterocycles. The Kier molecular flexibility index (Phi) is 8.00. The molecule has 0 bridgehead atoms. The molecule has 5 rings (SSSR count). The number of ether oxygens (including phenoxy) is 1. The van der Waals surface area contributed by atoms with E-state index in [9.17, 15) is 0 Å². The molecular formula is C36H54O. The van der Waals surface area contributed by atoms with E-state index in [-0.39, 0.29) is 0 Å². The summed E-state index contributed by atoms with van der Waals surface area (Å²) in [5.74, 6) is 7.17. The molecule has 4 aliphatic rings. The lowest BCUT2D eigenvalue weighted by atomic mass is 9.46. The Bertz CT molecular complexity index is 969. The van der Waals surface area contributed by atoms with Crippen LogP contribution in [-0.4, -0.2) is 7.11 Å². The molecule has 0 saturated heterocycles. The van der Waals surface area contributed by atoms with Crippen molar-refractivity contribution >= 4 is 6.08 Å². The van der Waals surface area contributed by atoms with Gasteiger partial charge in [-0.3, -0.25) is 0 Å². The van der Waals surface area contributed by atoms with Gasteiger partial charge in [0.1, 0.15) is 5.75 Å². The predicted octanol–water partition coefficient (Wildman–Crippen LogP) is 10.4. The van der Waals surface area contributed by atoms with Crippen molar-refractivity contribution in [3.8, 4) is 5.75 Å². The molecule has 204 valence electrons. The van der Waals surface area contributed by atoms with Gasteiger partial charge in [-0.25, -0.2) is 0 Å². The number of rotatable bonds is 8. The summed E-state index contributed by atoms with van der Waals surface area (Å²) >= 11 is 0. The summed E-state index contributed by atoms with van der Waals surface area (Å²) in [6.45, 7) is 12.8. The molecule has 1 heteroatoms. The van der Waals surface area contributed by atoms with Crippen molar-refractivity contribution < 1.29 is 4.74 Å². The molecule has 1 nitrogen and oxygen atoms in total. The lowest BCUT2D eigenvalue weighted by molar-refractivity contribution is -0.0516. The quantitative estimate of drug-likeness (QED) is 0.321. The molecule has 0 aromatic heterocycles. The van der Waals surface area contributed by atoms with E-state index in [1.54, 1.807) is 7.11 Å². The molecule has 0 amide bonds. The van der Waals surface area contributed by atoms with E-state index < -0.39 is 0 Å². The summed E-state index contributed by atoms with van der Waals surface area (Å²) in [6, 6.07) is 8.48. The van der Waals surface area contributed by atoms with Crippen LogP contribution in [0.2, 0.25) is 0 Å². The highest BCUT2D eigenvalue weighted by atomic mass is 16.5. The largest absolute Gasteiger partial charge is 0.497 e. The Labute approximate surface area is 228 Å². The molecule has 37 heavy (non-hydrogen) atoms. The monoisotopic (exact) mass is 502 g/mol. The zero-order valence-corrected chi connectivity index (χ0v) is 24.8. The van der Waals surface area contributed by atoms with Gasteiger partial charge in [0.05, 0.1) is 7.11 Å². The molecule has 3 fully saturated rings. The number of hydrogen-bond donors (Lipinski definition) is 0. The molecule has 0 N–H and O–H groups in total. The third-order valence-electron chi connectivity index (χ3n) is 12.0. The average molecular weight is 503 g/mol. The minimum atomic E-state index is 0.454. The first kappa shape index (κ1) is 27.1. The van der Waals surface area contributed by atoms with Crippen LogP contribution in [0.4, 0.5) is 0 Å². The number of benzene rings is 1. The summed E-state index contributed by atoms with van der Waals surface area (Å²) in [7, 11) is 1.74. The van der Waals surface area contributed by atoms with Gasteiger partial charge < -0.3 is 4.74 Å². The van der Waals surface area contributed by atoms with Gasteiger partial charge in [-0.2, -0.15) is 0 Å².